The number of amides is 2. The predicted molar refractivity (Wildman–Crippen MR) is 59.2 cm³/mol. The van der Waals surface area contributed by atoms with Crippen LogP contribution in [0.2, 0.25) is 0 Å². The van der Waals surface area contributed by atoms with E-state index in [4.69, 9.17) is 15.2 Å². The van der Waals surface area contributed by atoms with Crippen molar-refractivity contribution in [2.75, 3.05) is 0 Å². The molecule has 0 spiro atoms. The highest BCUT2D eigenvalue weighted by molar-refractivity contribution is 5.80. The molecule has 0 aliphatic carbocycles. The monoisotopic (exact) mass is 276 g/mol. The topological polar surface area (TPSA) is 148 Å². The number of nitrogens with one attached hydrogen (secondary N) is 1. The Bertz CT molecular complexity index is 386. The Morgan fingerprint density at radius 1 is 1.26 bits per heavy atom. The molecule has 0 aromatic carbocycles. The molecular formula is C10H16N2O7. The average molecular weight is 276 g/mol. The first-order chi connectivity index (χ1) is 8.73. The quantitative estimate of drug-likeness (QED) is 0.401. The van der Waals surface area contributed by atoms with Crippen LogP contribution in [0.3, 0.4) is 0 Å². The zero-order valence-electron chi connectivity index (χ0n) is 10.4. The number of hydrogen-bond donors (Lipinski definition) is 4. The first-order valence-corrected chi connectivity index (χ1v) is 5.49. The summed E-state index contributed by atoms with van der Waals surface area (Å²) in [5.41, 5.74) is 5.00. The number of carbonyl (C=O) groups excluding carboxylic acids is 3. The van der Waals surface area contributed by atoms with Crippen molar-refractivity contribution in [1.82, 2.24) is 5.32 Å². The Balaban J connectivity index is 2.98. The SMILES string of the molecule is CC(=O)N[C@@H]1[C@@H](OC(C)=O)[C@@H](O)[C@@H](C(N)=O)O[C@@H]1O. The van der Waals surface area contributed by atoms with Crippen molar-refractivity contribution in [3.63, 3.8) is 0 Å². The van der Waals surface area contributed by atoms with Crippen molar-refractivity contribution in [3.05, 3.63) is 0 Å². The first kappa shape index (κ1) is 15.3. The van der Waals surface area contributed by atoms with Crippen LogP contribution in [0.25, 0.3) is 0 Å². The minimum atomic E-state index is -1.64. The van der Waals surface area contributed by atoms with Crippen molar-refractivity contribution in [2.24, 2.45) is 5.73 Å². The van der Waals surface area contributed by atoms with Crippen LogP contribution in [0.5, 0.6) is 0 Å². The standard InChI is InChI=1S/C10H16N2O7/c1-3(13)12-5-7(18-4(2)14)6(15)8(9(11)16)19-10(5)17/h5-8,10,15,17H,1-2H3,(H2,11,16)(H,12,13)/t5-,6-,7-,8+,10+/m1/s1. The number of aliphatic hydroxyl groups is 2. The van der Waals surface area contributed by atoms with E-state index in [-0.39, 0.29) is 0 Å². The molecule has 1 aliphatic rings. The summed E-state index contributed by atoms with van der Waals surface area (Å²) < 4.78 is 9.63. The van der Waals surface area contributed by atoms with Gasteiger partial charge in [0.15, 0.2) is 18.5 Å². The molecule has 5 atom stereocenters. The lowest BCUT2D eigenvalue weighted by atomic mass is 9.96. The van der Waals surface area contributed by atoms with Gasteiger partial charge < -0.3 is 30.7 Å². The van der Waals surface area contributed by atoms with Crippen molar-refractivity contribution in [2.45, 2.75) is 44.5 Å². The fourth-order valence-corrected chi connectivity index (χ4v) is 1.82. The molecule has 9 heteroatoms. The van der Waals surface area contributed by atoms with Crippen LogP contribution in [0.15, 0.2) is 0 Å². The fraction of sp³-hybridized carbons (Fsp3) is 0.700. The lowest BCUT2D eigenvalue weighted by Crippen LogP contribution is -2.66. The Kier molecular flexibility index (Phi) is 4.81. The van der Waals surface area contributed by atoms with Crippen molar-refractivity contribution in [1.29, 1.82) is 0 Å². The Morgan fingerprint density at radius 2 is 1.84 bits per heavy atom. The molecule has 0 unspecified atom stereocenters. The van der Waals surface area contributed by atoms with E-state index in [0.29, 0.717) is 0 Å². The molecule has 19 heavy (non-hydrogen) atoms. The van der Waals surface area contributed by atoms with Gasteiger partial charge >= 0.3 is 5.97 Å². The second kappa shape index (κ2) is 5.95. The number of ether oxygens (including phenoxy) is 2. The van der Waals surface area contributed by atoms with Gasteiger partial charge in [-0.2, -0.15) is 0 Å². The summed E-state index contributed by atoms with van der Waals surface area (Å²) in [6.07, 6.45) is -6.12. The minimum absolute atomic E-state index is 0.533. The van der Waals surface area contributed by atoms with Crippen molar-refractivity contribution in [3.8, 4) is 0 Å². The van der Waals surface area contributed by atoms with Gasteiger partial charge in [0.2, 0.25) is 11.8 Å². The van der Waals surface area contributed by atoms with Crippen LogP contribution in [0, 0.1) is 0 Å². The van der Waals surface area contributed by atoms with Crippen LogP contribution in [0.4, 0.5) is 0 Å². The van der Waals surface area contributed by atoms with Gasteiger partial charge in [-0.1, -0.05) is 0 Å². The van der Waals surface area contributed by atoms with Crippen LogP contribution in [0.1, 0.15) is 13.8 Å². The summed E-state index contributed by atoms with van der Waals surface area (Å²) in [5, 5.41) is 21.8. The lowest BCUT2D eigenvalue weighted by molar-refractivity contribution is -0.247. The maximum absolute atomic E-state index is 11.1. The van der Waals surface area contributed by atoms with Gasteiger partial charge in [0, 0.05) is 13.8 Å². The number of nitrogens with two attached hydrogens (primary N) is 1. The van der Waals surface area contributed by atoms with Gasteiger partial charge in [-0.15, -0.1) is 0 Å². The van der Waals surface area contributed by atoms with E-state index in [2.05, 4.69) is 5.32 Å². The van der Waals surface area contributed by atoms with Crippen molar-refractivity contribution < 1.29 is 34.1 Å². The third kappa shape index (κ3) is 3.63. The van der Waals surface area contributed by atoms with E-state index in [1.165, 1.54) is 6.92 Å². The number of aliphatic hydroxyl groups excluding tert-OH is 2. The molecule has 1 rings (SSSR count). The molecule has 5 N–H and O–H groups in total. The van der Waals surface area contributed by atoms with E-state index in [9.17, 15) is 24.6 Å². The molecule has 0 aromatic heterocycles. The summed E-state index contributed by atoms with van der Waals surface area (Å²) in [7, 11) is 0. The first-order valence-electron chi connectivity index (χ1n) is 5.49. The second-order valence-electron chi connectivity index (χ2n) is 4.14. The largest absolute Gasteiger partial charge is 0.457 e. The van der Waals surface area contributed by atoms with Gasteiger partial charge in [0.25, 0.3) is 0 Å². The van der Waals surface area contributed by atoms with Crippen LogP contribution in [-0.2, 0) is 23.9 Å². The number of carbonyl (C=O) groups is 3. The third-order valence-corrected chi connectivity index (χ3v) is 2.55. The molecule has 9 nitrogen and oxygen atoms in total. The molecule has 0 saturated carbocycles. The molecule has 0 aromatic rings. The minimum Gasteiger partial charge on any atom is -0.457 e. The maximum Gasteiger partial charge on any atom is 0.303 e. The molecule has 1 saturated heterocycles. The van der Waals surface area contributed by atoms with Gasteiger partial charge in [0.1, 0.15) is 12.1 Å². The molecule has 1 aliphatic heterocycles. The summed E-state index contributed by atoms with van der Waals surface area (Å²) in [6, 6.07) is -1.20. The molecule has 1 heterocycles. The molecule has 0 bridgehead atoms. The van der Waals surface area contributed by atoms with Crippen LogP contribution < -0.4 is 11.1 Å². The summed E-state index contributed by atoms with van der Waals surface area (Å²) in [4.78, 5) is 33.1. The number of primary amides is 1. The normalized spacial score (nSPS) is 34.4. The molecular weight excluding hydrogens is 260 g/mol. The smallest absolute Gasteiger partial charge is 0.303 e. The zero-order valence-corrected chi connectivity index (χ0v) is 10.4. The summed E-state index contributed by atoms with van der Waals surface area (Å²) >= 11 is 0. The Hall–Kier alpha value is -1.71. The van der Waals surface area contributed by atoms with E-state index in [0.717, 1.165) is 6.92 Å². The predicted octanol–water partition coefficient (Wildman–Crippen LogP) is -3.01. The zero-order chi connectivity index (χ0) is 14.7. The highest BCUT2D eigenvalue weighted by atomic mass is 16.6. The van der Waals surface area contributed by atoms with Gasteiger partial charge in [-0.05, 0) is 0 Å². The lowest BCUT2D eigenvalue weighted by Gasteiger charge is -2.41. The Labute approximate surface area is 108 Å². The summed E-state index contributed by atoms with van der Waals surface area (Å²) in [6.45, 7) is 2.25. The molecule has 108 valence electrons. The molecule has 2 amide bonds. The van der Waals surface area contributed by atoms with Gasteiger partial charge in [-0.3, -0.25) is 14.4 Å². The molecule has 1 fully saturated rings. The maximum atomic E-state index is 11.1. The van der Waals surface area contributed by atoms with E-state index >= 15 is 0 Å². The van der Waals surface area contributed by atoms with E-state index in [1.54, 1.807) is 0 Å². The second-order valence-corrected chi connectivity index (χ2v) is 4.14. The highest BCUT2D eigenvalue weighted by Gasteiger charge is 2.49. The van der Waals surface area contributed by atoms with Crippen LogP contribution >= 0.6 is 0 Å². The third-order valence-electron chi connectivity index (χ3n) is 2.55. The van der Waals surface area contributed by atoms with Crippen LogP contribution in [-0.4, -0.2) is 58.6 Å². The number of hydrogen-bond acceptors (Lipinski definition) is 7. The average Bonchev–Trinajstić information content (AvgIpc) is 2.26. The van der Waals surface area contributed by atoms with Crippen molar-refractivity contribution >= 4 is 17.8 Å². The highest BCUT2D eigenvalue weighted by Crippen LogP contribution is 2.22. The number of esters is 1. The van der Waals surface area contributed by atoms with Gasteiger partial charge in [-0.25, -0.2) is 0 Å². The van der Waals surface area contributed by atoms with E-state index in [1.807, 2.05) is 0 Å². The molecule has 0 radical (unpaired) electrons. The summed E-state index contributed by atoms with van der Waals surface area (Å²) in [5.74, 6) is -2.31. The fourth-order valence-electron chi connectivity index (χ4n) is 1.82. The number of rotatable bonds is 3. The van der Waals surface area contributed by atoms with Gasteiger partial charge in [0.05, 0.1) is 0 Å². The van der Waals surface area contributed by atoms with E-state index < -0.39 is 48.4 Å². The Morgan fingerprint density at radius 3 is 2.26 bits per heavy atom.